The van der Waals surface area contributed by atoms with E-state index in [1.54, 1.807) is 6.20 Å². The van der Waals surface area contributed by atoms with Crippen LogP contribution in [0.15, 0.2) is 16.9 Å². The predicted octanol–water partition coefficient (Wildman–Crippen LogP) is 1.02. The number of amides is 1. The average molecular weight is 237 g/mol. The summed E-state index contributed by atoms with van der Waals surface area (Å²) in [5.41, 5.74) is 0. The largest absolute Gasteiger partial charge is 0.447 e. The maximum absolute atomic E-state index is 12.2. The lowest BCUT2D eigenvalue weighted by Crippen LogP contribution is -2.43. The third-order valence-corrected chi connectivity index (χ3v) is 3.25. The van der Waals surface area contributed by atoms with Crippen molar-refractivity contribution in [3.8, 4) is 0 Å². The molecule has 1 saturated heterocycles. The highest BCUT2D eigenvalue weighted by Crippen LogP contribution is 2.18. The molecule has 2 rings (SSSR count). The van der Waals surface area contributed by atoms with E-state index in [0.29, 0.717) is 18.4 Å². The Bertz CT molecular complexity index is 364. The molecule has 1 amide bonds. The molecule has 5 nitrogen and oxygen atoms in total. The summed E-state index contributed by atoms with van der Waals surface area (Å²) in [5, 5.41) is 3.08. The monoisotopic (exact) mass is 237 g/mol. The van der Waals surface area contributed by atoms with Gasteiger partial charge in [-0.05, 0) is 25.8 Å². The molecule has 2 atom stereocenters. The van der Waals surface area contributed by atoms with Crippen LogP contribution in [-0.2, 0) is 11.3 Å². The first-order chi connectivity index (χ1) is 8.20. The molecule has 1 aliphatic heterocycles. The highest BCUT2D eigenvalue weighted by Gasteiger charge is 2.29. The average Bonchev–Trinajstić information content (AvgIpc) is 2.77. The molecule has 1 aliphatic rings. The molecular weight excluding hydrogens is 218 g/mol. The van der Waals surface area contributed by atoms with Gasteiger partial charge in [-0.1, -0.05) is 6.92 Å². The van der Waals surface area contributed by atoms with Crippen LogP contribution in [0.25, 0.3) is 0 Å². The number of hydrogen-bond acceptors (Lipinski definition) is 4. The Morgan fingerprint density at radius 2 is 2.41 bits per heavy atom. The Kier molecular flexibility index (Phi) is 3.78. The van der Waals surface area contributed by atoms with E-state index in [4.69, 9.17) is 4.42 Å². The van der Waals surface area contributed by atoms with E-state index in [1.807, 2.05) is 11.9 Å². The highest BCUT2D eigenvalue weighted by atomic mass is 16.3. The lowest BCUT2D eigenvalue weighted by atomic mass is 10.0. The lowest BCUT2D eigenvalue weighted by molar-refractivity contribution is -0.134. The van der Waals surface area contributed by atoms with Crippen molar-refractivity contribution < 1.29 is 9.21 Å². The van der Waals surface area contributed by atoms with Gasteiger partial charge in [0.2, 0.25) is 11.8 Å². The smallest absolute Gasteiger partial charge is 0.240 e. The first-order valence-corrected chi connectivity index (χ1v) is 6.05. The second kappa shape index (κ2) is 5.31. The van der Waals surface area contributed by atoms with E-state index >= 15 is 0 Å². The number of likely N-dealkylation sites (N-methyl/N-ethyl adjacent to an activating group) is 1. The van der Waals surface area contributed by atoms with Crippen molar-refractivity contribution in [3.05, 3.63) is 18.4 Å². The van der Waals surface area contributed by atoms with Gasteiger partial charge in [0.25, 0.3) is 0 Å². The maximum atomic E-state index is 12.2. The van der Waals surface area contributed by atoms with Crippen LogP contribution in [0.1, 0.15) is 25.7 Å². The lowest BCUT2D eigenvalue weighted by Gasteiger charge is -2.23. The van der Waals surface area contributed by atoms with Gasteiger partial charge in [-0.2, -0.15) is 0 Å². The minimum absolute atomic E-state index is 0.0742. The molecule has 0 aliphatic carbocycles. The SMILES string of the molecule is CNC1CCC(C)CN(Cc2ncco2)C1=O. The van der Waals surface area contributed by atoms with E-state index in [-0.39, 0.29) is 11.9 Å². The molecule has 1 aromatic heterocycles. The van der Waals surface area contributed by atoms with Crippen LogP contribution in [0.4, 0.5) is 0 Å². The highest BCUT2D eigenvalue weighted by molar-refractivity contribution is 5.82. The summed E-state index contributed by atoms with van der Waals surface area (Å²) in [6.45, 7) is 3.42. The van der Waals surface area contributed by atoms with Gasteiger partial charge < -0.3 is 14.6 Å². The number of carbonyl (C=O) groups is 1. The zero-order valence-electron chi connectivity index (χ0n) is 10.3. The fourth-order valence-electron chi connectivity index (χ4n) is 2.26. The molecule has 1 aromatic rings. The molecule has 5 heteroatoms. The summed E-state index contributed by atoms with van der Waals surface area (Å²) in [6.07, 6.45) is 5.12. The van der Waals surface area contributed by atoms with Gasteiger partial charge in [0, 0.05) is 6.54 Å². The van der Waals surface area contributed by atoms with Gasteiger partial charge in [0.05, 0.1) is 18.8 Å². The Morgan fingerprint density at radius 3 is 3.06 bits per heavy atom. The van der Waals surface area contributed by atoms with Gasteiger partial charge in [-0.3, -0.25) is 4.79 Å². The summed E-state index contributed by atoms with van der Waals surface area (Å²) in [5.74, 6) is 1.27. The van der Waals surface area contributed by atoms with Crippen LogP contribution >= 0.6 is 0 Å². The van der Waals surface area contributed by atoms with Crippen molar-refractivity contribution in [3.63, 3.8) is 0 Å². The Labute approximate surface area is 101 Å². The summed E-state index contributed by atoms with van der Waals surface area (Å²) < 4.78 is 5.20. The van der Waals surface area contributed by atoms with Gasteiger partial charge in [0.1, 0.15) is 6.26 Å². The molecule has 0 bridgehead atoms. The van der Waals surface area contributed by atoms with E-state index in [0.717, 1.165) is 19.4 Å². The number of nitrogens with zero attached hydrogens (tertiary/aromatic N) is 2. The molecule has 1 N–H and O–H groups in total. The summed E-state index contributed by atoms with van der Waals surface area (Å²) >= 11 is 0. The Balaban J connectivity index is 2.09. The van der Waals surface area contributed by atoms with Crippen molar-refractivity contribution >= 4 is 5.91 Å². The number of rotatable bonds is 3. The van der Waals surface area contributed by atoms with Crippen molar-refractivity contribution in [2.24, 2.45) is 5.92 Å². The summed E-state index contributed by atoms with van der Waals surface area (Å²) in [4.78, 5) is 18.2. The van der Waals surface area contributed by atoms with Gasteiger partial charge in [-0.15, -0.1) is 0 Å². The molecular formula is C12H19N3O2. The van der Waals surface area contributed by atoms with Crippen LogP contribution in [0.2, 0.25) is 0 Å². The van der Waals surface area contributed by atoms with Crippen LogP contribution < -0.4 is 5.32 Å². The van der Waals surface area contributed by atoms with Crippen molar-refractivity contribution in [1.82, 2.24) is 15.2 Å². The molecule has 0 radical (unpaired) electrons. The molecule has 2 heterocycles. The second-order valence-corrected chi connectivity index (χ2v) is 4.67. The number of oxazole rings is 1. The van der Waals surface area contributed by atoms with Crippen molar-refractivity contribution in [2.75, 3.05) is 13.6 Å². The third-order valence-electron chi connectivity index (χ3n) is 3.25. The number of hydrogen-bond donors (Lipinski definition) is 1. The molecule has 0 spiro atoms. The normalized spacial score (nSPS) is 26.0. The van der Waals surface area contributed by atoms with Crippen LogP contribution in [0, 0.1) is 5.92 Å². The second-order valence-electron chi connectivity index (χ2n) is 4.67. The number of carbonyl (C=O) groups excluding carboxylic acids is 1. The zero-order chi connectivity index (χ0) is 12.3. The molecule has 0 saturated carbocycles. The first kappa shape index (κ1) is 12.1. The Hall–Kier alpha value is -1.36. The van der Waals surface area contributed by atoms with E-state index in [2.05, 4.69) is 17.2 Å². The maximum Gasteiger partial charge on any atom is 0.240 e. The molecule has 2 unspecified atom stereocenters. The minimum atomic E-state index is -0.0742. The summed E-state index contributed by atoms with van der Waals surface area (Å²) in [6, 6.07) is -0.0742. The molecule has 94 valence electrons. The number of likely N-dealkylation sites (tertiary alicyclic amines) is 1. The Morgan fingerprint density at radius 1 is 1.59 bits per heavy atom. The number of aromatic nitrogens is 1. The predicted molar refractivity (Wildman–Crippen MR) is 63.2 cm³/mol. The van der Waals surface area contributed by atoms with E-state index < -0.39 is 0 Å². The minimum Gasteiger partial charge on any atom is -0.447 e. The van der Waals surface area contributed by atoms with E-state index in [1.165, 1.54) is 6.26 Å². The zero-order valence-corrected chi connectivity index (χ0v) is 10.3. The summed E-state index contributed by atoms with van der Waals surface area (Å²) in [7, 11) is 1.84. The van der Waals surface area contributed by atoms with Crippen molar-refractivity contribution in [2.45, 2.75) is 32.4 Å². The van der Waals surface area contributed by atoms with Gasteiger partial charge in [0.15, 0.2) is 0 Å². The topological polar surface area (TPSA) is 58.4 Å². The third kappa shape index (κ3) is 2.85. The van der Waals surface area contributed by atoms with Crippen LogP contribution in [-0.4, -0.2) is 35.4 Å². The molecule has 1 fully saturated rings. The van der Waals surface area contributed by atoms with Gasteiger partial charge >= 0.3 is 0 Å². The molecule has 17 heavy (non-hydrogen) atoms. The van der Waals surface area contributed by atoms with Crippen LogP contribution in [0.5, 0.6) is 0 Å². The quantitative estimate of drug-likeness (QED) is 0.852. The molecule has 0 aromatic carbocycles. The van der Waals surface area contributed by atoms with Crippen LogP contribution in [0.3, 0.4) is 0 Å². The van der Waals surface area contributed by atoms with E-state index in [9.17, 15) is 4.79 Å². The first-order valence-electron chi connectivity index (χ1n) is 6.05. The standard InChI is InChI=1S/C12H19N3O2/c1-9-3-4-10(13-2)12(16)15(7-9)8-11-14-5-6-17-11/h5-6,9-10,13H,3-4,7-8H2,1-2H3. The van der Waals surface area contributed by atoms with Crippen molar-refractivity contribution in [1.29, 1.82) is 0 Å². The number of nitrogens with one attached hydrogen (secondary N) is 1. The van der Waals surface area contributed by atoms with Gasteiger partial charge in [-0.25, -0.2) is 4.98 Å². The fraction of sp³-hybridized carbons (Fsp3) is 0.667. The fourth-order valence-corrected chi connectivity index (χ4v) is 2.26.